The van der Waals surface area contributed by atoms with Crippen LogP contribution in [0.5, 0.6) is 0 Å². The molecule has 1 spiro atoms. The Morgan fingerprint density at radius 3 is 2.66 bits per heavy atom. The number of sulfonamides is 1. The maximum absolute atomic E-state index is 13.5. The molecule has 2 saturated heterocycles. The minimum Gasteiger partial charge on any atom is -0.381 e. The Labute approximate surface area is 172 Å². The standard InChI is InChI=1S/C20H30FN3O4S/c1-14(2)11-24-12-18(19(25)22-20(13-24)6-8-28-9-7-20)23-29(26,27)16-4-5-17(21)15(3)10-16/h4-5,10,14,18,23H,6-9,11-13H2,1-3H3,(H,22,25). The molecule has 0 saturated carbocycles. The van der Waals surface area contributed by atoms with Gasteiger partial charge in [0.15, 0.2) is 0 Å². The number of hydrogen-bond acceptors (Lipinski definition) is 5. The SMILES string of the molecule is Cc1cc(S(=O)(=O)NC2CN(CC(C)C)CC3(CCOCC3)NC2=O)ccc1F. The van der Waals surface area contributed by atoms with Crippen molar-refractivity contribution in [2.24, 2.45) is 5.92 Å². The maximum atomic E-state index is 13.5. The van der Waals surface area contributed by atoms with Crippen LogP contribution in [0.2, 0.25) is 0 Å². The molecule has 2 aliphatic heterocycles. The highest BCUT2D eigenvalue weighted by molar-refractivity contribution is 7.89. The summed E-state index contributed by atoms with van der Waals surface area (Å²) in [6.07, 6.45) is 1.40. The summed E-state index contributed by atoms with van der Waals surface area (Å²) in [5.74, 6) is -0.432. The van der Waals surface area contributed by atoms with E-state index in [-0.39, 0.29) is 22.9 Å². The lowest BCUT2D eigenvalue weighted by atomic mass is 9.89. The highest BCUT2D eigenvalue weighted by Crippen LogP contribution is 2.25. The second-order valence-corrected chi connectivity index (χ2v) is 10.3. The Morgan fingerprint density at radius 2 is 2.03 bits per heavy atom. The number of aryl methyl sites for hydroxylation is 1. The number of hydrogen-bond donors (Lipinski definition) is 2. The van der Waals surface area contributed by atoms with Gasteiger partial charge in [-0.3, -0.25) is 9.69 Å². The van der Waals surface area contributed by atoms with E-state index in [0.29, 0.717) is 38.5 Å². The number of halogens is 1. The zero-order valence-electron chi connectivity index (χ0n) is 17.2. The Hall–Kier alpha value is -1.55. The molecule has 2 fully saturated rings. The minimum absolute atomic E-state index is 0.0513. The summed E-state index contributed by atoms with van der Waals surface area (Å²) in [6, 6.07) is 2.69. The van der Waals surface area contributed by atoms with Crippen LogP contribution >= 0.6 is 0 Å². The van der Waals surface area contributed by atoms with Crippen LogP contribution in [0.15, 0.2) is 23.1 Å². The van der Waals surface area contributed by atoms with Crippen LogP contribution in [0.3, 0.4) is 0 Å². The van der Waals surface area contributed by atoms with E-state index >= 15 is 0 Å². The summed E-state index contributed by atoms with van der Waals surface area (Å²) in [5.41, 5.74) is -0.169. The van der Waals surface area contributed by atoms with Gasteiger partial charge in [-0.1, -0.05) is 13.8 Å². The Balaban J connectivity index is 1.84. The normalized spacial score (nSPS) is 23.2. The number of carbonyl (C=O) groups is 1. The first-order valence-electron chi connectivity index (χ1n) is 10.0. The highest BCUT2D eigenvalue weighted by Gasteiger charge is 2.42. The molecule has 1 aromatic carbocycles. The lowest BCUT2D eigenvalue weighted by Crippen LogP contribution is -2.57. The molecule has 2 aliphatic rings. The van der Waals surface area contributed by atoms with Crippen molar-refractivity contribution in [3.8, 4) is 0 Å². The molecule has 162 valence electrons. The molecule has 7 nitrogen and oxygen atoms in total. The molecule has 3 rings (SSSR count). The summed E-state index contributed by atoms with van der Waals surface area (Å²) < 4.78 is 47.3. The number of amides is 1. The number of nitrogens with one attached hydrogen (secondary N) is 2. The number of carbonyl (C=O) groups excluding carboxylic acids is 1. The van der Waals surface area contributed by atoms with Crippen LogP contribution in [-0.4, -0.2) is 63.7 Å². The first kappa shape index (κ1) is 22.1. The summed E-state index contributed by atoms with van der Waals surface area (Å²) in [4.78, 5) is 15.1. The average Bonchev–Trinajstić information content (AvgIpc) is 2.73. The molecule has 0 aromatic heterocycles. The lowest BCUT2D eigenvalue weighted by molar-refractivity contribution is -0.124. The fourth-order valence-corrected chi connectivity index (χ4v) is 5.32. The van der Waals surface area contributed by atoms with E-state index in [2.05, 4.69) is 28.8 Å². The van der Waals surface area contributed by atoms with E-state index in [4.69, 9.17) is 4.74 Å². The van der Waals surface area contributed by atoms with Gasteiger partial charge in [0.1, 0.15) is 11.9 Å². The highest BCUT2D eigenvalue weighted by atomic mass is 32.2. The number of ether oxygens (including phenoxy) is 1. The molecular weight excluding hydrogens is 397 g/mol. The van der Waals surface area contributed by atoms with Crippen LogP contribution in [-0.2, 0) is 19.6 Å². The average molecular weight is 428 g/mol. The summed E-state index contributed by atoms with van der Waals surface area (Å²) in [5, 5.41) is 3.09. The van der Waals surface area contributed by atoms with Gasteiger partial charge in [-0.15, -0.1) is 0 Å². The van der Waals surface area contributed by atoms with Crippen molar-refractivity contribution < 1.29 is 22.3 Å². The smallest absolute Gasteiger partial charge is 0.241 e. The van der Waals surface area contributed by atoms with Crippen molar-refractivity contribution in [3.63, 3.8) is 0 Å². The van der Waals surface area contributed by atoms with E-state index in [1.165, 1.54) is 19.1 Å². The van der Waals surface area contributed by atoms with Gasteiger partial charge >= 0.3 is 0 Å². The molecular formula is C20H30FN3O4S. The Morgan fingerprint density at radius 1 is 1.34 bits per heavy atom. The number of benzene rings is 1. The Bertz CT molecular complexity index is 853. The third-order valence-corrected chi connectivity index (χ3v) is 6.95. The first-order valence-corrected chi connectivity index (χ1v) is 11.5. The first-order chi connectivity index (χ1) is 13.6. The summed E-state index contributed by atoms with van der Waals surface area (Å²) >= 11 is 0. The predicted octanol–water partition coefficient (Wildman–Crippen LogP) is 1.42. The van der Waals surface area contributed by atoms with Crippen LogP contribution in [0.25, 0.3) is 0 Å². The molecule has 29 heavy (non-hydrogen) atoms. The molecule has 1 atom stereocenters. The summed E-state index contributed by atoms with van der Waals surface area (Å²) in [6.45, 7) is 8.54. The molecule has 2 N–H and O–H groups in total. The third-order valence-electron chi connectivity index (χ3n) is 5.48. The van der Waals surface area contributed by atoms with Gasteiger partial charge in [0.05, 0.1) is 10.4 Å². The fourth-order valence-electron chi connectivity index (χ4n) is 4.05. The molecule has 2 heterocycles. The second kappa shape index (κ2) is 8.67. The van der Waals surface area contributed by atoms with Gasteiger partial charge in [0.2, 0.25) is 15.9 Å². The third kappa shape index (κ3) is 5.33. The van der Waals surface area contributed by atoms with E-state index in [9.17, 15) is 17.6 Å². The minimum atomic E-state index is -3.97. The van der Waals surface area contributed by atoms with Gasteiger partial charge in [-0.05, 0) is 49.4 Å². The van der Waals surface area contributed by atoms with Crippen LogP contribution in [0, 0.1) is 18.7 Å². The van der Waals surface area contributed by atoms with Gasteiger partial charge in [-0.25, -0.2) is 12.8 Å². The van der Waals surface area contributed by atoms with Crippen LogP contribution < -0.4 is 10.0 Å². The molecule has 1 amide bonds. The maximum Gasteiger partial charge on any atom is 0.241 e. The van der Waals surface area contributed by atoms with E-state index in [1.54, 1.807) is 0 Å². The zero-order valence-corrected chi connectivity index (χ0v) is 18.0. The molecule has 1 aromatic rings. The molecule has 1 unspecified atom stereocenters. The summed E-state index contributed by atoms with van der Waals surface area (Å²) in [7, 11) is -3.97. The fraction of sp³-hybridized carbons (Fsp3) is 0.650. The topological polar surface area (TPSA) is 87.7 Å². The number of nitrogens with zero attached hydrogens (tertiary/aromatic N) is 1. The zero-order chi connectivity index (χ0) is 21.2. The van der Waals surface area contributed by atoms with Gasteiger partial charge in [-0.2, -0.15) is 4.72 Å². The largest absolute Gasteiger partial charge is 0.381 e. The van der Waals surface area contributed by atoms with Crippen LogP contribution in [0.4, 0.5) is 4.39 Å². The number of rotatable bonds is 5. The van der Waals surface area contributed by atoms with Crippen molar-refractivity contribution in [2.75, 3.05) is 32.8 Å². The van der Waals surface area contributed by atoms with E-state index in [0.717, 1.165) is 12.6 Å². The van der Waals surface area contributed by atoms with Crippen molar-refractivity contribution in [3.05, 3.63) is 29.6 Å². The van der Waals surface area contributed by atoms with Crippen molar-refractivity contribution >= 4 is 15.9 Å². The monoisotopic (exact) mass is 427 g/mol. The van der Waals surface area contributed by atoms with E-state index in [1.807, 2.05) is 0 Å². The van der Waals surface area contributed by atoms with Gasteiger partial charge < -0.3 is 10.1 Å². The Kier molecular flexibility index (Phi) is 6.62. The molecule has 0 radical (unpaired) electrons. The second-order valence-electron chi connectivity index (χ2n) is 8.55. The van der Waals surface area contributed by atoms with Crippen molar-refractivity contribution in [1.82, 2.24) is 14.9 Å². The molecule has 0 aliphatic carbocycles. The molecule has 0 bridgehead atoms. The molecule has 9 heteroatoms. The van der Waals surface area contributed by atoms with Gasteiger partial charge in [0.25, 0.3) is 0 Å². The van der Waals surface area contributed by atoms with Gasteiger partial charge in [0, 0.05) is 32.8 Å². The quantitative estimate of drug-likeness (QED) is 0.742. The van der Waals surface area contributed by atoms with Crippen molar-refractivity contribution in [1.29, 1.82) is 0 Å². The predicted molar refractivity (Wildman–Crippen MR) is 107 cm³/mol. The lowest BCUT2D eigenvalue weighted by Gasteiger charge is -2.39. The van der Waals surface area contributed by atoms with Crippen molar-refractivity contribution in [2.45, 2.75) is 50.1 Å². The van der Waals surface area contributed by atoms with E-state index < -0.39 is 27.4 Å². The van der Waals surface area contributed by atoms with Crippen LogP contribution in [0.1, 0.15) is 32.3 Å².